The van der Waals surface area contributed by atoms with Crippen LogP contribution in [0.15, 0.2) is 36.4 Å². The summed E-state index contributed by atoms with van der Waals surface area (Å²) in [6.07, 6.45) is 7.96. The average molecular weight is 472 g/mol. The molecule has 1 saturated carbocycles. The largest absolute Gasteiger partial charge is 0.380 e. The van der Waals surface area contributed by atoms with Crippen LogP contribution >= 0.6 is 0 Å². The molecule has 0 unspecified atom stereocenters. The Morgan fingerprint density at radius 2 is 1.63 bits per heavy atom. The molecule has 2 aromatic carbocycles. The van der Waals surface area contributed by atoms with E-state index >= 15 is 0 Å². The van der Waals surface area contributed by atoms with Gasteiger partial charge >= 0.3 is 0 Å². The Hall–Kier alpha value is -2.30. The van der Waals surface area contributed by atoms with Gasteiger partial charge in [0.05, 0.1) is 12.3 Å². The zero-order valence-corrected chi connectivity index (χ0v) is 21.7. The summed E-state index contributed by atoms with van der Waals surface area (Å²) < 4.78 is 8.38. The smallest absolute Gasteiger partial charge is 0.0593 e. The number of nitrogens with zero attached hydrogens (tertiary/aromatic N) is 3. The molecule has 2 fully saturated rings. The molecule has 4 heteroatoms. The fraction of sp³-hybridized carbons (Fsp3) is 0.548. The first kappa shape index (κ1) is 23.1. The highest BCUT2D eigenvalue weighted by atomic mass is 16.5. The van der Waals surface area contributed by atoms with Gasteiger partial charge in [0.1, 0.15) is 0 Å². The second-order valence-corrected chi connectivity index (χ2v) is 11.1. The van der Waals surface area contributed by atoms with E-state index in [0.717, 1.165) is 58.9 Å². The van der Waals surface area contributed by atoms with E-state index in [-0.39, 0.29) is 0 Å². The van der Waals surface area contributed by atoms with Gasteiger partial charge in [0.15, 0.2) is 0 Å². The number of hydrogen-bond donors (Lipinski definition) is 0. The molecule has 0 N–H and O–H groups in total. The highest BCUT2D eigenvalue weighted by Gasteiger charge is 2.30. The number of rotatable bonds is 4. The summed E-state index contributed by atoms with van der Waals surface area (Å²) in [5.74, 6) is 0.683. The molecule has 186 valence electrons. The Labute approximate surface area is 210 Å². The Bertz CT molecular complexity index is 1180. The fourth-order valence-electron chi connectivity index (χ4n) is 6.77. The minimum atomic E-state index is 0.683. The summed E-state index contributed by atoms with van der Waals surface area (Å²) in [6, 6.07) is 14.4. The van der Waals surface area contributed by atoms with E-state index in [1.54, 1.807) is 5.56 Å². The highest BCUT2D eigenvalue weighted by Crippen LogP contribution is 2.47. The lowest BCUT2D eigenvalue weighted by molar-refractivity contribution is 0.142. The first-order valence-electron chi connectivity index (χ1n) is 14.0. The molecule has 0 bridgehead atoms. The molecule has 1 saturated heterocycles. The molecule has 0 atom stereocenters. The molecule has 3 aliphatic rings. The molecule has 0 radical (unpaired) electrons. The van der Waals surface area contributed by atoms with Gasteiger partial charge in [-0.3, -0.25) is 4.90 Å². The van der Waals surface area contributed by atoms with Crippen molar-refractivity contribution in [2.24, 2.45) is 0 Å². The number of aryl methyl sites for hydroxylation is 2. The maximum absolute atomic E-state index is 5.70. The average Bonchev–Trinajstić information content (AvgIpc) is 3.03. The second-order valence-electron chi connectivity index (χ2n) is 11.1. The van der Waals surface area contributed by atoms with Gasteiger partial charge in [-0.15, -0.1) is 0 Å². The van der Waals surface area contributed by atoms with Gasteiger partial charge in [-0.25, -0.2) is 0 Å². The predicted octanol–water partition coefficient (Wildman–Crippen LogP) is 6.52. The van der Waals surface area contributed by atoms with Crippen LogP contribution in [0.3, 0.4) is 0 Å². The molecule has 1 aliphatic carbocycles. The maximum atomic E-state index is 5.70. The van der Waals surface area contributed by atoms with Crippen LogP contribution in [0.1, 0.15) is 61.1 Å². The molecule has 3 heterocycles. The summed E-state index contributed by atoms with van der Waals surface area (Å²) >= 11 is 0. The van der Waals surface area contributed by atoms with Crippen LogP contribution in [0.2, 0.25) is 0 Å². The summed E-state index contributed by atoms with van der Waals surface area (Å²) in [7, 11) is 0. The standard InChI is InChI=1S/C31H41N3O/c1-23-10-12-27-28(21-23)33(15-14-32-13-6-19-35-20-18-32)16-17-34-29-22-24(2)9-11-26(29)30(31(27)34)25-7-4-3-5-8-25/h9-12,21-22,25H,3-8,13-20H2,1-2H3. The van der Waals surface area contributed by atoms with Crippen molar-refractivity contribution in [1.29, 1.82) is 0 Å². The summed E-state index contributed by atoms with van der Waals surface area (Å²) in [5, 5.41) is 1.50. The fourth-order valence-corrected chi connectivity index (χ4v) is 6.77. The van der Waals surface area contributed by atoms with E-state index in [2.05, 4.69) is 64.6 Å². The van der Waals surface area contributed by atoms with E-state index in [9.17, 15) is 0 Å². The molecule has 1 aromatic heterocycles. The Balaban J connectivity index is 1.44. The highest BCUT2D eigenvalue weighted by molar-refractivity contribution is 5.96. The van der Waals surface area contributed by atoms with Crippen LogP contribution in [-0.4, -0.2) is 55.4 Å². The van der Waals surface area contributed by atoms with Crippen molar-refractivity contribution >= 4 is 16.6 Å². The molecular weight excluding hydrogens is 430 g/mol. The van der Waals surface area contributed by atoms with Crippen LogP contribution in [0.5, 0.6) is 0 Å². The van der Waals surface area contributed by atoms with Crippen molar-refractivity contribution in [1.82, 2.24) is 9.47 Å². The van der Waals surface area contributed by atoms with Crippen molar-refractivity contribution in [3.05, 3.63) is 53.1 Å². The van der Waals surface area contributed by atoms with Crippen molar-refractivity contribution in [2.45, 2.75) is 64.8 Å². The number of fused-ring (bicyclic) bond motifs is 5. The first-order valence-corrected chi connectivity index (χ1v) is 14.0. The zero-order valence-electron chi connectivity index (χ0n) is 21.7. The topological polar surface area (TPSA) is 20.6 Å². The lowest BCUT2D eigenvalue weighted by atomic mass is 9.81. The normalized spacial score (nSPS) is 19.9. The van der Waals surface area contributed by atoms with E-state index < -0.39 is 0 Å². The SMILES string of the molecule is Cc1ccc2c(c1)N(CCN1CCCOCC1)CCn1c-2c(C2CCCCC2)c2ccc(C)cc21. The molecule has 6 rings (SSSR count). The van der Waals surface area contributed by atoms with Gasteiger partial charge in [0.25, 0.3) is 0 Å². The van der Waals surface area contributed by atoms with E-state index in [1.807, 2.05) is 0 Å². The van der Waals surface area contributed by atoms with Crippen molar-refractivity contribution in [2.75, 3.05) is 50.8 Å². The van der Waals surface area contributed by atoms with Gasteiger partial charge < -0.3 is 14.2 Å². The molecular formula is C31H41N3O. The number of benzene rings is 2. The van der Waals surface area contributed by atoms with Gasteiger partial charge in [-0.1, -0.05) is 43.5 Å². The Morgan fingerprint density at radius 3 is 2.51 bits per heavy atom. The van der Waals surface area contributed by atoms with Crippen molar-refractivity contribution < 1.29 is 4.74 Å². The number of anilines is 1. The lowest BCUT2D eigenvalue weighted by Crippen LogP contribution is -2.37. The number of ether oxygens (including phenoxy) is 1. The van der Waals surface area contributed by atoms with Crippen LogP contribution < -0.4 is 4.90 Å². The molecule has 2 aliphatic heterocycles. The molecule has 3 aromatic rings. The maximum Gasteiger partial charge on any atom is 0.0593 e. The molecule has 0 spiro atoms. The van der Waals surface area contributed by atoms with Crippen LogP contribution in [0.4, 0.5) is 5.69 Å². The number of hydrogen-bond acceptors (Lipinski definition) is 3. The van der Waals surface area contributed by atoms with Crippen LogP contribution in [0.25, 0.3) is 22.2 Å². The first-order chi connectivity index (χ1) is 17.2. The summed E-state index contributed by atoms with van der Waals surface area (Å²) in [4.78, 5) is 5.27. The monoisotopic (exact) mass is 471 g/mol. The van der Waals surface area contributed by atoms with Gasteiger partial charge in [-0.05, 0) is 67.9 Å². The Morgan fingerprint density at radius 1 is 0.800 bits per heavy atom. The third kappa shape index (κ3) is 4.51. The zero-order chi connectivity index (χ0) is 23.8. The minimum Gasteiger partial charge on any atom is -0.380 e. The van der Waals surface area contributed by atoms with Crippen LogP contribution in [0, 0.1) is 13.8 Å². The van der Waals surface area contributed by atoms with E-state index in [1.165, 1.54) is 71.1 Å². The number of aromatic nitrogens is 1. The van der Waals surface area contributed by atoms with Gasteiger partial charge in [0, 0.05) is 68.0 Å². The summed E-state index contributed by atoms with van der Waals surface area (Å²) in [6.45, 7) is 12.8. The minimum absolute atomic E-state index is 0.683. The third-order valence-electron chi connectivity index (χ3n) is 8.62. The quantitative estimate of drug-likeness (QED) is 0.432. The van der Waals surface area contributed by atoms with E-state index in [0.29, 0.717) is 5.92 Å². The Kier molecular flexibility index (Phi) is 6.60. The van der Waals surface area contributed by atoms with Crippen molar-refractivity contribution in [3.63, 3.8) is 0 Å². The van der Waals surface area contributed by atoms with Gasteiger partial charge in [-0.2, -0.15) is 0 Å². The second kappa shape index (κ2) is 9.99. The molecule has 4 nitrogen and oxygen atoms in total. The van der Waals surface area contributed by atoms with Gasteiger partial charge in [0.2, 0.25) is 0 Å². The predicted molar refractivity (Wildman–Crippen MR) is 147 cm³/mol. The summed E-state index contributed by atoms with van der Waals surface area (Å²) in [5.41, 5.74) is 10.2. The molecule has 35 heavy (non-hydrogen) atoms. The molecule has 0 amide bonds. The van der Waals surface area contributed by atoms with Crippen LogP contribution in [-0.2, 0) is 11.3 Å². The lowest BCUT2D eigenvalue weighted by Gasteiger charge is -2.29. The van der Waals surface area contributed by atoms with Crippen molar-refractivity contribution in [3.8, 4) is 11.3 Å². The third-order valence-corrected chi connectivity index (χ3v) is 8.62. The van der Waals surface area contributed by atoms with E-state index in [4.69, 9.17) is 4.74 Å².